The van der Waals surface area contributed by atoms with Crippen molar-refractivity contribution in [3.63, 3.8) is 0 Å². The van der Waals surface area contributed by atoms with Crippen molar-refractivity contribution in [1.82, 2.24) is 0 Å². The van der Waals surface area contributed by atoms with E-state index in [4.69, 9.17) is 9.47 Å². The number of hydrogen-bond acceptors (Lipinski definition) is 5. The van der Waals surface area contributed by atoms with Crippen LogP contribution in [0.15, 0.2) is 36.4 Å². The molecule has 1 aliphatic rings. The molecule has 20 heavy (non-hydrogen) atoms. The van der Waals surface area contributed by atoms with Crippen molar-refractivity contribution >= 4 is 22.7 Å². The average Bonchev–Trinajstić information content (AvgIpc) is 2.85. The van der Waals surface area contributed by atoms with Gasteiger partial charge < -0.3 is 14.6 Å². The molecule has 2 aromatic rings. The Balaban J connectivity index is 1.91. The van der Waals surface area contributed by atoms with Gasteiger partial charge in [-0.05, 0) is 11.5 Å². The molecule has 0 saturated carbocycles. The number of carbonyl (C=O) groups excluding carboxylic acids is 2. The minimum absolute atomic E-state index is 0.0448. The van der Waals surface area contributed by atoms with E-state index in [1.165, 1.54) is 6.07 Å². The Bertz CT molecular complexity index is 692. The van der Waals surface area contributed by atoms with Gasteiger partial charge >= 0.3 is 11.9 Å². The summed E-state index contributed by atoms with van der Waals surface area (Å²) in [5.41, 5.74) is 0.0448. The molecule has 5 nitrogen and oxygen atoms in total. The number of esters is 2. The summed E-state index contributed by atoms with van der Waals surface area (Å²) in [5, 5.41) is 11.5. The van der Waals surface area contributed by atoms with Crippen molar-refractivity contribution in [3.05, 3.63) is 42.0 Å². The first-order chi connectivity index (χ1) is 9.66. The molecule has 1 fully saturated rings. The van der Waals surface area contributed by atoms with E-state index in [1.807, 2.05) is 12.1 Å². The Morgan fingerprint density at radius 3 is 2.80 bits per heavy atom. The molecule has 0 radical (unpaired) electrons. The minimum Gasteiger partial charge on any atom is -0.506 e. The number of fused-ring (bicyclic) bond motifs is 1. The Hall–Kier alpha value is -2.56. The maximum absolute atomic E-state index is 12.0. The number of ether oxygens (including phenoxy) is 2. The first-order valence-corrected chi connectivity index (χ1v) is 6.25. The maximum Gasteiger partial charge on any atom is 0.347 e. The molecule has 3 rings (SSSR count). The highest BCUT2D eigenvalue weighted by Crippen LogP contribution is 2.29. The van der Waals surface area contributed by atoms with Crippen LogP contribution < -0.4 is 0 Å². The van der Waals surface area contributed by atoms with Gasteiger partial charge in [0.2, 0.25) is 6.10 Å². The zero-order valence-electron chi connectivity index (χ0n) is 10.5. The van der Waals surface area contributed by atoms with Crippen molar-refractivity contribution in [3.8, 4) is 5.75 Å². The topological polar surface area (TPSA) is 72.8 Å². The number of carbonyl (C=O) groups is 2. The van der Waals surface area contributed by atoms with E-state index < -0.39 is 18.0 Å². The molecule has 0 unspecified atom stereocenters. The standard InChI is InChI=1S/C15H12O5/c16-13-10-4-2-1-3-9(10)5-6-11(13)14(17)20-12-7-8-19-15(12)18/h1-6,12,16H,7-8H2/t12-/m0/s1. The van der Waals surface area contributed by atoms with Gasteiger partial charge in [0.05, 0.1) is 6.61 Å². The number of rotatable bonds is 2. The number of phenols is 1. The number of aromatic hydroxyl groups is 1. The quantitative estimate of drug-likeness (QED) is 0.847. The monoisotopic (exact) mass is 272 g/mol. The zero-order chi connectivity index (χ0) is 14.1. The van der Waals surface area contributed by atoms with Gasteiger partial charge in [-0.2, -0.15) is 0 Å². The fourth-order valence-corrected chi connectivity index (χ4v) is 2.20. The normalized spacial score (nSPS) is 18.0. The fourth-order valence-electron chi connectivity index (χ4n) is 2.20. The van der Waals surface area contributed by atoms with Crippen molar-refractivity contribution in [1.29, 1.82) is 0 Å². The SMILES string of the molecule is O=C(O[C@H]1CCOC1=O)c1ccc2ccccc2c1O. The predicted octanol–water partition coefficient (Wildman–Crippen LogP) is 2.02. The highest BCUT2D eigenvalue weighted by atomic mass is 16.6. The molecule has 2 aromatic carbocycles. The van der Waals surface area contributed by atoms with Crippen LogP contribution >= 0.6 is 0 Å². The van der Waals surface area contributed by atoms with Crippen LogP contribution in [-0.4, -0.2) is 29.8 Å². The molecule has 1 aliphatic heterocycles. The lowest BCUT2D eigenvalue weighted by molar-refractivity contribution is -0.145. The van der Waals surface area contributed by atoms with E-state index in [2.05, 4.69) is 0 Å². The van der Waals surface area contributed by atoms with E-state index in [9.17, 15) is 14.7 Å². The molecular weight excluding hydrogens is 260 g/mol. The first-order valence-electron chi connectivity index (χ1n) is 6.25. The second kappa shape index (κ2) is 4.85. The van der Waals surface area contributed by atoms with E-state index in [-0.39, 0.29) is 17.9 Å². The van der Waals surface area contributed by atoms with Gasteiger partial charge in [0.1, 0.15) is 11.3 Å². The number of phenolic OH excluding ortho intramolecular Hbond substituents is 1. The maximum atomic E-state index is 12.0. The smallest absolute Gasteiger partial charge is 0.347 e. The summed E-state index contributed by atoms with van der Waals surface area (Å²) < 4.78 is 9.79. The molecule has 0 aromatic heterocycles. The molecule has 0 aliphatic carbocycles. The molecule has 1 saturated heterocycles. The zero-order valence-corrected chi connectivity index (χ0v) is 10.5. The second-order valence-corrected chi connectivity index (χ2v) is 4.53. The molecule has 1 atom stereocenters. The summed E-state index contributed by atoms with van der Waals surface area (Å²) in [6, 6.07) is 10.4. The summed E-state index contributed by atoms with van der Waals surface area (Å²) in [6.45, 7) is 0.250. The predicted molar refractivity (Wildman–Crippen MR) is 70.4 cm³/mol. The van der Waals surface area contributed by atoms with E-state index >= 15 is 0 Å². The summed E-state index contributed by atoms with van der Waals surface area (Å²) in [6.07, 6.45) is -0.535. The van der Waals surface area contributed by atoms with Crippen LogP contribution in [-0.2, 0) is 14.3 Å². The molecule has 0 amide bonds. The van der Waals surface area contributed by atoms with E-state index in [1.54, 1.807) is 18.2 Å². The third kappa shape index (κ3) is 2.07. The van der Waals surface area contributed by atoms with Crippen molar-refractivity contribution in [2.45, 2.75) is 12.5 Å². The summed E-state index contributed by atoms with van der Waals surface area (Å²) in [5.74, 6) is -1.41. The summed E-state index contributed by atoms with van der Waals surface area (Å²) in [4.78, 5) is 23.3. The van der Waals surface area contributed by atoms with Crippen molar-refractivity contribution < 1.29 is 24.2 Å². The Kier molecular flexibility index (Phi) is 3.02. The summed E-state index contributed by atoms with van der Waals surface area (Å²) >= 11 is 0. The second-order valence-electron chi connectivity index (χ2n) is 4.53. The Morgan fingerprint density at radius 2 is 2.05 bits per heavy atom. The Labute approximate surface area is 114 Å². The van der Waals surface area contributed by atoms with Gasteiger partial charge in [-0.1, -0.05) is 30.3 Å². The van der Waals surface area contributed by atoms with Crippen LogP contribution in [0.2, 0.25) is 0 Å². The number of cyclic esters (lactones) is 1. The Morgan fingerprint density at radius 1 is 1.25 bits per heavy atom. The molecule has 0 bridgehead atoms. The largest absolute Gasteiger partial charge is 0.506 e. The third-order valence-corrected chi connectivity index (χ3v) is 3.26. The van der Waals surface area contributed by atoms with Gasteiger partial charge in [0, 0.05) is 11.8 Å². The van der Waals surface area contributed by atoms with Gasteiger partial charge in [-0.25, -0.2) is 9.59 Å². The number of benzene rings is 2. The van der Waals surface area contributed by atoms with E-state index in [0.29, 0.717) is 11.8 Å². The third-order valence-electron chi connectivity index (χ3n) is 3.26. The van der Waals surface area contributed by atoms with Gasteiger partial charge in [0.25, 0.3) is 0 Å². The van der Waals surface area contributed by atoms with Crippen LogP contribution in [0.3, 0.4) is 0 Å². The molecule has 0 spiro atoms. The van der Waals surface area contributed by atoms with E-state index in [0.717, 1.165) is 5.39 Å². The number of hydrogen-bond donors (Lipinski definition) is 1. The lowest BCUT2D eigenvalue weighted by Gasteiger charge is -2.10. The van der Waals surface area contributed by atoms with Crippen LogP contribution in [0.25, 0.3) is 10.8 Å². The molecule has 1 N–H and O–H groups in total. The lowest BCUT2D eigenvalue weighted by atomic mass is 10.1. The fraction of sp³-hybridized carbons (Fsp3) is 0.200. The van der Waals surface area contributed by atoms with Gasteiger partial charge in [-0.3, -0.25) is 0 Å². The van der Waals surface area contributed by atoms with Gasteiger partial charge in [0.15, 0.2) is 0 Å². The molecule has 102 valence electrons. The van der Waals surface area contributed by atoms with Crippen LogP contribution in [0.5, 0.6) is 5.75 Å². The van der Waals surface area contributed by atoms with Crippen LogP contribution in [0.1, 0.15) is 16.8 Å². The van der Waals surface area contributed by atoms with Crippen LogP contribution in [0.4, 0.5) is 0 Å². The van der Waals surface area contributed by atoms with Crippen molar-refractivity contribution in [2.75, 3.05) is 6.61 Å². The first kappa shape index (κ1) is 12.5. The highest BCUT2D eigenvalue weighted by Gasteiger charge is 2.31. The average molecular weight is 272 g/mol. The molecule has 5 heteroatoms. The minimum atomic E-state index is -0.881. The molecular formula is C15H12O5. The highest BCUT2D eigenvalue weighted by molar-refractivity contribution is 6.01. The lowest BCUT2D eigenvalue weighted by Crippen LogP contribution is -2.22. The molecule has 1 heterocycles. The van der Waals surface area contributed by atoms with Crippen LogP contribution in [0, 0.1) is 0 Å². The van der Waals surface area contributed by atoms with Gasteiger partial charge in [-0.15, -0.1) is 0 Å². The van der Waals surface area contributed by atoms with Crippen molar-refractivity contribution in [2.24, 2.45) is 0 Å². The summed E-state index contributed by atoms with van der Waals surface area (Å²) in [7, 11) is 0.